The van der Waals surface area contributed by atoms with Crippen molar-refractivity contribution < 1.29 is 18.3 Å². The van der Waals surface area contributed by atoms with Gasteiger partial charge in [-0.2, -0.15) is 0 Å². The maximum atomic E-state index is 13.3. The molecule has 2 aromatic rings. The van der Waals surface area contributed by atoms with Gasteiger partial charge in [-0.1, -0.05) is 12.1 Å². The average molecular weight is 293 g/mol. The fourth-order valence-electron chi connectivity index (χ4n) is 1.81. The van der Waals surface area contributed by atoms with E-state index in [2.05, 4.69) is 5.32 Å². The second-order valence-corrected chi connectivity index (χ2v) is 4.45. The molecule has 0 saturated heterocycles. The van der Waals surface area contributed by atoms with Crippen LogP contribution in [-0.4, -0.2) is 20.3 Å². The quantitative estimate of drug-likeness (QED) is 0.796. The Balaban J connectivity index is 1.77. The molecule has 0 aliphatic carbocycles. The lowest BCUT2D eigenvalue weighted by Gasteiger charge is -2.09. The fourth-order valence-corrected chi connectivity index (χ4v) is 1.81. The van der Waals surface area contributed by atoms with Gasteiger partial charge in [0.25, 0.3) is 0 Å². The summed E-state index contributed by atoms with van der Waals surface area (Å²) in [5.74, 6) is -0.526. The van der Waals surface area contributed by atoms with Crippen LogP contribution in [0.3, 0.4) is 0 Å². The maximum Gasteiger partial charge on any atom is 0.165 e. The summed E-state index contributed by atoms with van der Waals surface area (Å²) in [6, 6.07) is 10.7. The zero-order valence-electron chi connectivity index (χ0n) is 11.7. The molecular formula is C16H17F2NO2. The third-order valence-corrected chi connectivity index (χ3v) is 2.81. The summed E-state index contributed by atoms with van der Waals surface area (Å²) in [5, 5.41) is 3.06. The van der Waals surface area contributed by atoms with Gasteiger partial charge in [-0.25, -0.2) is 8.78 Å². The first kappa shape index (κ1) is 15.3. The van der Waals surface area contributed by atoms with E-state index in [-0.39, 0.29) is 19.0 Å². The Morgan fingerprint density at radius 1 is 0.952 bits per heavy atom. The molecule has 0 radical (unpaired) electrons. The summed E-state index contributed by atoms with van der Waals surface area (Å²) >= 11 is 0. The molecule has 0 amide bonds. The molecule has 112 valence electrons. The van der Waals surface area contributed by atoms with E-state index < -0.39 is 11.6 Å². The molecule has 0 saturated carbocycles. The highest BCUT2D eigenvalue weighted by Crippen LogP contribution is 2.18. The second kappa shape index (κ2) is 7.59. The Bertz CT molecular complexity index is 573. The number of nitrogens with one attached hydrogen (secondary N) is 1. The molecule has 21 heavy (non-hydrogen) atoms. The van der Waals surface area contributed by atoms with Gasteiger partial charge in [0.1, 0.15) is 24.8 Å². The number of ether oxygens (including phenoxy) is 2. The van der Waals surface area contributed by atoms with Crippen LogP contribution < -0.4 is 14.8 Å². The van der Waals surface area contributed by atoms with Gasteiger partial charge in [0.15, 0.2) is 11.6 Å². The summed E-state index contributed by atoms with van der Waals surface area (Å²) in [4.78, 5) is 0. The first-order chi connectivity index (χ1) is 10.2. The number of hydrogen-bond donors (Lipinski definition) is 1. The second-order valence-electron chi connectivity index (χ2n) is 4.45. The molecule has 0 spiro atoms. The first-order valence-electron chi connectivity index (χ1n) is 6.63. The first-order valence-corrected chi connectivity index (χ1v) is 6.63. The lowest BCUT2D eigenvalue weighted by atomic mass is 10.2. The molecule has 5 heteroatoms. The van der Waals surface area contributed by atoms with Crippen molar-refractivity contribution in [2.24, 2.45) is 0 Å². The van der Waals surface area contributed by atoms with Crippen molar-refractivity contribution >= 4 is 0 Å². The molecule has 0 heterocycles. The fraction of sp³-hybridized carbons (Fsp3) is 0.250. The van der Waals surface area contributed by atoms with Crippen molar-refractivity contribution in [2.75, 3.05) is 20.3 Å². The van der Waals surface area contributed by atoms with Crippen molar-refractivity contribution in [1.82, 2.24) is 5.32 Å². The predicted octanol–water partition coefficient (Wildman–Crippen LogP) is 3.14. The van der Waals surface area contributed by atoms with Crippen LogP contribution in [-0.2, 0) is 6.54 Å². The highest BCUT2D eigenvalue weighted by atomic mass is 19.1. The standard InChI is InChI=1S/C16H17F2NO2/c1-19-11-12-2-5-14(6-3-12)20-8-9-21-16-10-13(17)4-7-15(16)18/h2-7,10,19H,8-9,11H2,1H3. The molecule has 0 atom stereocenters. The van der Waals surface area contributed by atoms with E-state index >= 15 is 0 Å². The lowest BCUT2D eigenvalue weighted by molar-refractivity contribution is 0.211. The highest BCUT2D eigenvalue weighted by molar-refractivity contribution is 5.27. The van der Waals surface area contributed by atoms with E-state index in [1.54, 1.807) is 0 Å². The van der Waals surface area contributed by atoms with Crippen LogP contribution in [0.25, 0.3) is 0 Å². The average Bonchev–Trinajstić information content (AvgIpc) is 2.49. The predicted molar refractivity (Wildman–Crippen MR) is 76.6 cm³/mol. The molecule has 0 aliphatic rings. The van der Waals surface area contributed by atoms with Crippen molar-refractivity contribution in [3.63, 3.8) is 0 Å². The monoisotopic (exact) mass is 293 g/mol. The third kappa shape index (κ3) is 4.72. The molecule has 2 rings (SSSR count). The summed E-state index contributed by atoms with van der Waals surface area (Å²) in [5.41, 5.74) is 1.16. The normalized spacial score (nSPS) is 10.4. The highest BCUT2D eigenvalue weighted by Gasteiger charge is 2.04. The van der Waals surface area contributed by atoms with Crippen molar-refractivity contribution in [3.8, 4) is 11.5 Å². The molecule has 0 fully saturated rings. The van der Waals surface area contributed by atoms with Crippen molar-refractivity contribution in [2.45, 2.75) is 6.54 Å². The van der Waals surface area contributed by atoms with E-state index in [1.807, 2.05) is 31.3 Å². The lowest BCUT2D eigenvalue weighted by Crippen LogP contribution is -2.10. The van der Waals surface area contributed by atoms with Gasteiger partial charge in [0.05, 0.1) is 0 Å². The van der Waals surface area contributed by atoms with Gasteiger partial charge in [0.2, 0.25) is 0 Å². The number of halogens is 2. The minimum atomic E-state index is -0.590. The summed E-state index contributed by atoms with van der Waals surface area (Å²) in [7, 11) is 1.88. The van der Waals surface area contributed by atoms with Crippen molar-refractivity contribution in [1.29, 1.82) is 0 Å². The third-order valence-electron chi connectivity index (χ3n) is 2.81. The largest absolute Gasteiger partial charge is 0.490 e. The Kier molecular flexibility index (Phi) is 5.51. The Hall–Kier alpha value is -2.14. The Labute approximate surface area is 122 Å². The zero-order valence-corrected chi connectivity index (χ0v) is 11.7. The van der Waals surface area contributed by atoms with Gasteiger partial charge >= 0.3 is 0 Å². The van der Waals surface area contributed by atoms with Crippen LogP contribution in [0.4, 0.5) is 8.78 Å². The Morgan fingerprint density at radius 3 is 2.38 bits per heavy atom. The molecule has 1 N–H and O–H groups in total. The smallest absolute Gasteiger partial charge is 0.165 e. The van der Waals surface area contributed by atoms with E-state index in [9.17, 15) is 8.78 Å². The van der Waals surface area contributed by atoms with Crippen molar-refractivity contribution in [3.05, 3.63) is 59.7 Å². The number of rotatable bonds is 7. The van der Waals surface area contributed by atoms with E-state index in [0.29, 0.717) is 5.75 Å². The summed E-state index contributed by atoms with van der Waals surface area (Å²) in [6.07, 6.45) is 0. The minimum absolute atomic E-state index is 0.108. The molecule has 0 aliphatic heterocycles. The van der Waals surface area contributed by atoms with E-state index in [0.717, 1.165) is 30.3 Å². The van der Waals surface area contributed by atoms with Gasteiger partial charge < -0.3 is 14.8 Å². The summed E-state index contributed by atoms with van der Waals surface area (Å²) in [6.45, 7) is 1.18. The topological polar surface area (TPSA) is 30.5 Å². The van der Waals surface area contributed by atoms with E-state index in [4.69, 9.17) is 9.47 Å². The molecule has 0 aromatic heterocycles. The van der Waals surface area contributed by atoms with Gasteiger partial charge in [0, 0.05) is 12.6 Å². The van der Waals surface area contributed by atoms with Gasteiger partial charge in [-0.3, -0.25) is 0 Å². The number of benzene rings is 2. The van der Waals surface area contributed by atoms with Crippen LogP contribution in [0, 0.1) is 11.6 Å². The van der Waals surface area contributed by atoms with Crippen LogP contribution in [0.1, 0.15) is 5.56 Å². The van der Waals surface area contributed by atoms with Gasteiger partial charge in [-0.05, 0) is 36.9 Å². The molecule has 3 nitrogen and oxygen atoms in total. The van der Waals surface area contributed by atoms with Crippen LogP contribution >= 0.6 is 0 Å². The van der Waals surface area contributed by atoms with Crippen LogP contribution in [0.2, 0.25) is 0 Å². The molecule has 2 aromatic carbocycles. The van der Waals surface area contributed by atoms with Crippen LogP contribution in [0.5, 0.6) is 11.5 Å². The zero-order chi connectivity index (χ0) is 15.1. The summed E-state index contributed by atoms with van der Waals surface area (Å²) < 4.78 is 36.9. The number of hydrogen-bond acceptors (Lipinski definition) is 3. The molecule has 0 bridgehead atoms. The minimum Gasteiger partial charge on any atom is -0.490 e. The molecule has 0 unspecified atom stereocenters. The Morgan fingerprint density at radius 2 is 1.67 bits per heavy atom. The van der Waals surface area contributed by atoms with Gasteiger partial charge in [-0.15, -0.1) is 0 Å². The molecular weight excluding hydrogens is 276 g/mol. The SMILES string of the molecule is CNCc1ccc(OCCOc2cc(F)ccc2F)cc1. The van der Waals surface area contributed by atoms with Crippen LogP contribution in [0.15, 0.2) is 42.5 Å². The van der Waals surface area contributed by atoms with E-state index in [1.165, 1.54) is 0 Å². The maximum absolute atomic E-state index is 13.3.